The molecule has 5 aliphatic rings. The Morgan fingerprint density at radius 1 is 0.944 bits per heavy atom. The van der Waals surface area contributed by atoms with Gasteiger partial charge in [-0.2, -0.15) is 0 Å². The van der Waals surface area contributed by atoms with E-state index in [0.29, 0.717) is 11.8 Å². The Labute approximate surface area is 211 Å². The number of aromatic hydroxyl groups is 1. The Morgan fingerprint density at radius 3 is 2.31 bits per heavy atom. The molecule has 1 unspecified atom stereocenters. The second kappa shape index (κ2) is 7.23. The summed E-state index contributed by atoms with van der Waals surface area (Å²) in [7, 11) is 0. The number of likely N-dealkylation sites (tertiary alicyclic amines) is 1. The summed E-state index contributed by atoms with van der Waals surface area (Å²) in [6.45, 7) is 2.17. The van der Waals surface area contributed by atoms with E-state index in [-0.39, 0.29) is 22.9 Å². The average Bonchev–Trinajstić information content (AvgIpc) is 3.66. The lowest BCUT2D eigenvalue weighted by Crippen LogP contribution is -2.70. The number of phenolic OH excluding ortho intramolecular Hbond substituents is 1. The lowest BCUT2D eigenvalue weighted by molar-refractivity contribution is -0.146. The van der Waals surface area contributed by atoms with Gasteiger partial charge in [0.1, 0.15) is 0 Å². The first-order valence-corrected chi connectivity index (χ1v) is 13.5. The maximum Gasteiger partial charge on any atom is 0.189 e. The molecule has 0 aromatic heterocycles. The molecule has 4 nitrogen and oxygen atoms in total. The summed E-state index contributed by atoms with van der Waals surface area (Å²) in [6.07, 6.45) is 4.77. The van der Waals surface area contributed by atoms with Crippen molar-refractivity contribution in [2.45, 2.75) is 55.1 Å². The van der Waals surface area contributed by atoms with Crippen molar-refractivity contribution in [3.05, 3.63) is 95.1 Å². The van der Waals surface area contributed by atoms with Crippen molar-refractivity contribution < 1.29 is 14.6 Å². The van der Waals surface area contributed by atoms with Gasteiger partial charge in [0.25, 0.3) is 0 Å². The van der Waals surface area contributed by atoms with Crippen LogP contribution in [0.4, 0.5) is 0 Å². The third-order valence-corrected chi connectivity index (χ3v) is 10.1. The van der Waals surface area contributed by atoms with Crippen molar-refractivity contribution in [1.29, 1.82) is 0 Å². The summed E-state index contributed by atoms with van der Waals surface area (Å²) in [5.74, 6) is 2.00. The molecule has 0 radical (unpaired) electrons. The molecule has 4 heteroatoms. The zero-order valence-corrected chi connectivity index (χ0v) is 20.4. The van der Waals surface area contributed by atoms with Gasteiger partial charge < -0.3 is 9.84 Å². The second-order valence-electron chi connectivity index (χ2n) is 11.8. The van der Waals surface area contributed by atoms with Gasteiger partial charge in [-0.25, -0.2) is 0 Å². The standard InChI is InChI=1S/C32H31NO3/c34-26-14-13-21-17-25-24-18-32(22-7-3-1-4-8-22,23-9-5-2-6-10-23)29(35)30-31(24,27(21)28(26)36-30)15-16-33(25)19-20-11-12-20/h1-10,13-14,20,24-25,30,34H,11-12,15-19H2/t24?,25-,30+,31+/m1/s1. The van der Waals surface area contributed by atoms with E-state index in [0.717, 1.165) is 48.4 Å². The molecule has 2 saturated carbocycles. The van der Waals surface area contributed by atoms with Crippen molar-refractivity contribution in [1.82, 2.24) is 4.90 Å². The Morgan fingerprint density at radius 2 is 1.64 bits per heavy atom. The normalized spacial score (nSPS) is 31.6. The van der Waals surface area contributed by atoms with Crippen LogP contribution in [0, 0.1) is 11.8 Å². The smallest absolute Gasteiger partial charge is 0.189 e. The fourth-order valence-electron chi connectivity index (χ4n) is 8.43. The number of phenols is 1. The number of carbonyl (C=O) groups is 1. The highest BCUT2D eigenvalue weighted by Gasteiger charge is 2.71. The van der Waals surface area contributed by atoms with Crippen LogP contribution in [0.5, 0.6) is 11.5 Å². The third-order valence-electron chi connectivity index (χ3n) is 10.1. The summed E-state index contributed by atoms with van der Waals surface area (Å²) in [5, 5.41) is 10.9. The summed E-state index contributed by atoms with van der Waals surface area (Å²) in [6, 6.07) is 25.0. The highest BCUT2D eigenvalue weighted by atomic mass is 16.5. The van der Waals surface area contributed by atoms with Gasteiger partial charge in [0.05, 0.1) is 5.41 Å². The van der Waals surface area contributed by atoms with E-state index < -0.39 is 11.5 Å². The number of carbonyl (C=O) groups excluding carboxylic acids is 1. The van der Waals surface area contributed by atoms with E-state index in [4.69, 9.17) is 4.74 Å². The molecule has 3 aromatic carbocycles. The maximum atomic E-state index is 14.9. The second-order valence-corrected chi connectivity index (χ2v) is 11.8. The Balaban J connectivity index is 1.37. The van der Waals surface area contributed by atoms with Gasteiger partial charge in [0.15, 0.2) is 23.4 Å². The quantitative estimate of drug-likeness (QED) is 0.574. The van der Waals surface area contributed by atoms with Crippen molar-refractivity contribution >= 4 is 5.78 Å². The molecule has 4 atom stereocenters. The molecule has 3 aliphatic carbocycles. The number of hydrogen-bond acceptors (Lipinski definition) is 4. The van der Waals surface area contributed by atoms with Gasteiger partial charge in [-0.3, -0.25) is 9.69 Å². The summed E-state index contributed by atoms with van der Waals surface area (Å²) >= 11 is 0. The molecule has 182 valence electrons. The zero-order chi connectivity index (χ0) is 24.1. The number of ether oxygens (including phenoxy) is 1. The molecule has 3 aromatic rings. The van der Waals surface area contributed by atoms with Crippen LogP contribution in [-0.2, 0) is 22.0 Å². The molecule has 0 amide bonds. The predicted octanol–water partition coefficient (Wildman–Crippen LogP) is 5.01. The number of ketones is 1. The van der Waals surface area contributed by atoms with Crippen LogP contribution in [0.25, 0.3) is 0 Å². The predicted molar refractivity (Wildman–Crippen MR) is 137 cm³/mol. The number of Topliss-reactive ketones (excluding diaryl/α,β-unsaturated/α-hetero) is 1. The van der Waals surface area contributed by atoms with Crippen LogP contribution in [0.3, 0.4) is 0 Å². The Kier molecular flexibility index (Phi) is 4.22. The maximum absolute atomic E-state index is 14.9. The lowest BCUT2D eigenvalue weighted by Gasteiger charge is -2.61. The van der Waals surface area contributed by atoms with Crippen molar-refractivity contribution in [2.75, 3.05) is 13.1 Å². The molecule has 3 fully saturated rings. The molecule has 36 heavy (non-hydrogen) atoms. The summed E-state index contributed by atoms with van der Waals surface area (Å²) in [4.78, 5) is 17.7. The van der Waals surface area contributed by atoms with E-state index in [1.54, 1.807) is 6.07 Å². The minimum absolute atomic E-state index is 0.147. The minimum atomic E-state index is -0.767. The fraction of sp³-hybridized carbons (Fsp3) is 0.406. The first kappa shape index (κ1) is 21.0. The minimum Gasteiger partial charge on any atom is -0.504 e. The van der Waals surface area contributed by atoms with Crippen LogP contribution in [0.2, 0.25) is 0 Å². The van der Waals surface area contributed by atoms with E-state index >= 15 is 0 Å². The van der Waals surface area contributed by atoms with E-state index in [1.807, 2.05) is 36.4 Å². The topological polar surface area (TPSA) is 49.8 Å². The molecule has 1 saturated heterocycles. The van der Waals surface area contributed by atoms with Gasteiger partial charge in [0, 0.05) is 23.6 Å². The molecule has 2 aliphatic heterocycles. The summed E-state index contributed by atoms with van der Waals surface area (Å²) < 4.78 is 6.63. The number of rotatable bonds is 4. The van der Waals surface area contributed by atoms with E-state index in [9.17, 15) is 9.90 Å². The highest BCUT2D eigenvalue weighted by Crippen LogP contribution is 2.66. The fourth-order valence-corrected chi connectivity index (χ4v) is 8.43. The summed E-state index contributed by atoms with van der Waals surface area (Å²) in [5.41, 5.74) is 3.40. The molecule has 2 bridgehead atoms. The van der Waals surface area contributed by atoms with E-state index in [1.165, 1.54) is 24.9 Å². The van der Waals surface area contributed by atoms with Gasteiger partial charge in [-0.15, -0.1) is 0 Å². The van der Waals surface area contributed by atoms with Gasteiger partial charge in [0.2, 0.25) is 0 Å². The largest absolute Gasteiger partial charge is 0.504 e. The number of nitrogens with zero attached hydrogens (tertiary/aromatic N) is 1. The van der Waals surface area contributed by atoms with Crippen LogP contribution in [0.15, 0.2) is 72.8 Å². The van der Waals surface area contributed by atoms with Gasteiger partial charge in [-0.05, 0) is 73.2 Å². The molecular formula is C32H31NO3. The molecule has 1 spiro atoms. The first-order chi connectivity index (χ1) is 17.6. The van der Waals surface area contributed by atoms with Crippen molar-refractivity contribution in [2.24, 2.45) is 11.8 Å². The van der Waals surface area contributed by atoms with Crippen LogP contribution in [-0.4, -0.2) is 41.0 Å². The van der Waals surface area contributed by atoms with E-state index in [2.05, 4.69) is 35.2 Å². The Hall–Kier alpha value is -3.11. The number of benzene rings is 3. The molecule has 1 N–H and O–H groups in total. The lowest BCUT2D eigenvalue weighted by atomic mass is 9.45. The van der Waals surface area contributed by atoms with Gasteiger partial charge >= 0.3 is 0 Å². The third kappa shape index (κ3) is 2.56. The monoisotopic (exact) mass is 477 g/mol. The number of hydrogen-bond donors (Lipinski definition) is 1. The van der Waals surface area contributed by atoms with Crippen LogP contribution < -0.4 is 4.74 Å². The first-order valence-electron chi connectivity index (χ1n) is 13.5. The molecular weight excluding hydrogens is 446 g/mol. The average molecular weight is 478 g/mol. The highest BCUT2D eigenvalue weighted by molar-refractivity contribution is 6.01. The zero-order valence-electron chi connectivity index (χ0n) is 20.4. The Bertz CT molecular complexity index is 1330. The number of piperidine rings is 1. The molecule has 2 heterocycles. The van der Waals surface area contributed by atoms with Gasteiger partial charge in [-0.1, -0.05) is 66.7 Å². The molecule has 8 rings (SSSR count). The van der Waals surface area contributed by atoms with Crippen molar-refractivity contribution in [3.8, 4) is 11.5 Å². The van der Waals surface area contributed by atoms with Crippen molar-refractivity contribution in [3.63, 3.8) is 0 Å². The van der Waals surface area contributed by atoms with Crippen LogP contribution in [0.1, 0.15) is 47.9 Å². The SMILES string of the molecule is O=C1[C@@H]2Oc3c(O)ccc4c3[C@@]23CCN(CC2CC2)[C@H](C4)C3CC1(c1ccccc1)c1ccccc1. The van der Waals surface area contributed by atoms with Crippen LogP contribution >= 0.6 is 0 Å².